The quantitative estimate of drug-likeness (QED) is 0.883. The molecule has 126 valence electrons. The molecule has 0 heterocycles. The summed E-state index contributed by atoms with van der Waals surface area (Å²) in [5.41, 5.74) is 1.28. The van der Waals surface area contributed by atoms with E-state index in [1.54, 1.807) is 30.3 Å². The highest BCUT2D eigenvalue weighted by atomic mass is 16.4. The van der Waals surface area contributed by atoms with Crippen LogP contribution in [0.2, 0.25) is 0 Å². The van der Waals surface area contributed by atoms with Crippen LogP contribution in [0.15, 0.2) is 59.1 Å². The monoisotopic (exact) mass is 335 g/mol. The lowest BCUT2D eigenvalue weighted by Gasteiger charge is -2.18. The third-order valence-electron chi connectivity index (χ3n) is 4.13. The van der Waals surface area contributed by atoms with E-state index in [4.69, 9.17) is 0 Å². The summed E-state index contributed by atoms with van der Waals surface area (Å²) in [6.45, 7) is 4.12. The Morgan fingerprint density at radius 3 is 2.16 bits per heavy atom. The molecule has 0 aliphatic heterocycles. The third kappa shape index (κ3) is 2.96. The zero-order chi connectivity index (χ0) is 18.1. The lowest BCUT2D eigenvalue weighted by molar-refractivity contribution is -0.132. The molecule has 0 saturated heterocycles. The van der Waals surface area contributed by atoms with Gasteiger partial charge in [-0.15, -0.1) is 0 Å². The molecule has 0 amide bonds. The number of carbonyl (C=O) groups excluding carboxylic acids is 1. The molecular formula is C20H17NO4. The van der Waals surface area contributed by atoms with Gasteiger partial charge in [0.25, 0.3) is 0 Å². The van der Waals surface area contributed by atoms with Gasteiger partial charge >= 0.3 is 5.97 Å². The highest BCUT2D eigenvalue weighted by Gasteiger charge is 2.34. The van der Waals surface area contributed by atoms with E-state index < -0.39 is 23.1 Å². The SMILES string of the molecule is CC(C)c1ccc(N=C2C(=O)c3ccccc3C(O)=C2C(=O)O)cc1. The minimum Gasteiger partial charge on any atom is -0.506 e. The van der Waals surface area contributed by atoms with Crippen molar-refractivity contribution in [2.24, 2.45) is 4.99 Å². The van der Waals surface area contributed by atoms with Crippen molar-refractivity contribution in [2.75, 3.05) is 0 Å². The number of aliphatic hydroxyl groups excluding tert-OH is 1. The van der Waals surface area contributed by atoms with E-state index in [1.165, 1.54) is 6.07 Å². The Balaban J connectivity index is 2.15. The van der Waals surface area contributed by atoms with E-state index in [0.29, 0.717) is 11.6 Å². The van der Waals surface area contributed by atoms with Crippen molar-refractivity contribution in [3.63, 3.8) is 0 Å². The molecule has 2 aromatic rings. The van der Waals surface area contributed by atoms with Crippen LogP contribution in [0.1, 0.15) is 41.3 Å². The standard InChI is InChI=1S/C20H17NO4/c1-11(2)12-7-9-13(10-8-12)21-17-16(20(24)25)18(22)14-5-3-4-6-15(14)19(17)23/h3-11,22H,1-2H3,(H,24,25). The molecule has 0 atom stereocenters. The molecule has 2 N–H and O–H groups in total. The van der Waals surface area contributed by atoms with Gasteiger partial charge in [-0.3, -0.25) is 4.79 Å². The predicted molar refractivity (Wildman–Crippen MR) is 95.6 cm³/mol. The first-order valence-electron chi connectivity index (χ1n) is 7.89. The normalized spacial score (nSPS) is 15.6. The Bertz CT molecular complexity index is 921. The molecule has 0 spiro atoms. The zero-order valence-corrected chi connectivity index (χ0v) is 13.9. The van der Waals surface area contributed by atoms with Gasteiger partial charge in [0.15, 0.2) is 0 Å². The number of hydrogen-bond acceptors (Lipinski definition) is 4. The third-order valence-corrected chi connectivity index (χ3v) is 4.13. The van der Waals surface area contributed by atoms with Gasteiger partial charge in [0, 0.05) is 11.1 Å². The van der Waals surface area contributed by atoms with E-state index in [1.807, 2.05) is 12.1 Å². The number of carboxylic acid groups (broad SMARTS) is 1. The van der Waals surface area contributed by atoms with Crippen molar-refractivity contribution < 1.29 is 19.8 Å². The topological polar surface area (TPSA) is 87.0 Å². The molecule has 1 aliphatic carbocycles. The highest BCUT2D eigenvalue weighted by Crippen LogP contribution is 2.30. The van der Waals surface area contributed by atoms with E-state index in [-0.39, 0.29) is 16.8 Å². The number of hydrogen-bond donors (Lipinski definition) is 2. The number of rotatable bonds is 3. The van der Waals surface area contributed by atoms with Gasteiger partial charge in [-0.1, -0.05) is 50.2 Å². The number of benzene rings is 2. The molecule has 25 heavy (non-hydrogen) atoms. The number of fused-ring (bicyclic) bond motifs is 1. The summed E-state index contributed by atoms with van der Waals surface area (Å²) >= 11 is 0. The van der Waals surface area contributed by atoms with E-state index >= 15 is 0 Å². The molecule has 0 aromatic heterocycles. The number of nitrogens with zero attached hydrogens (tertiary/aromatic N) is 1. The van der Waals surface area contributed by atoms with E-state index in [2.05, 4.69) is 18.8 Å². The van der Waals surface area contributed by atoms with Crippen LogP contribution in [-0.2, 0) is 4.79 Å². The number of aliphatic carboxylic acids is 1. The van der Waals surface area contributed by atoms with Crippen LogP contribution in [-0.4, -0.2) is 27.7 Å². The molecule has 5 nitrogen and oxygen atoms in total. The van der Waals surface area contributed by atoms with Gasteiger partial charge in [-0.05, 0) is 23.6 Å². The van der Waals surface area contributed by atoms with E-state index in [0.717, 1.165) is 5.56 Å². The van der Waals surface area contributed by atoms with Gasteiger partial charge in [0.05, 0.1) is 5.69 Å². The lowest BCUT2D eigenvalue weighted by atomic mass is 9.87. The summed E-state index contributed by atoms with van der Waals surface area (Å²) in [6, 6.07) is 13.6. The van der Waals surface area contributed by atoms with Gasteiger partial charge in [-0.25, -0.2) is 9.79 Å². The average Bonchev–Trinajstić information content (AvgIpc) is 2.59. The first-order valence-corrected chi connectivity index (χ1v) is 7.89. The van der Waals surface area contributed by atoms with Crippen LogP contribution < -0.4 is 0 Å². The molecule has 3 rings (SSSR count). The van der Waals surface area contributed by atoms with E-state index in [9.17, 15) is 19.8 Å². The van der Waals surface area contributed by atoms with Crippen LogP contribution >= 0.6 is 0 Å². The molecule has 0 unspecified atom stereocenters. The van der Waals surface area contributed by atoms with Crippen LogP contribution in [0.5, 0.6) is 0 Å². The smallest absolute Gasteiger partial charge is 0.341 e. The summed E-state index contributed by atoms with van der Waals surface area (Å²) in [6.07, 6.45) is 0. The largest absolute Gasteiger partial charge is 0.506 e. The first kappa shape index (κ1) is 16.6. The Morgan fingerprint density at radius 1 is 1.00 bits per heavy atom. The molecule has 0 radical (unpaired) electrons. The zero-order valence-electron chi connectivity index (χ0n) is 13.9. The second-order valence-corrected chi connectivity index (χ2v) is 6.11. The fourth-order valence-corrected chi connectivity index (χ4v) is 2.75. The molecule has 5 heteroatoms. The first-order chi connectivity index (χ1) is 11.9. The van der Waals surface area contributed by atoms with Crippen molar-refractivity contribution in [3.05, 3.63) is 70.8 Å². The van der Waals surface area contributed by atoms with Crippen molar-refractivity contribution in [1.82, 2.24) is 0 Å². The lowest BCUT2D eigenvalue weighted by Crippen LogP contribution is -2.28. The highest BCUT2D eigenvalue weighted by molar-refractivity contribution is 6.59. The maximum Gasteiger partial charge on any atom is 0.341 e. The van der Waals surface area contributed by atoms with Gasteiger partial charge in [0.2, 0.25) is 5.78 Å². The second-order valence-electron chi connectivity index (χ2n) is 6.11. The predicted octanol–water partition coefficient (Wildman–Crippen LogP) is 4.13. The Morgan fingerprint density at radius 2 is 1.60 bits per heavy atom. The summed E-state index contributed by atoms with van der Waals surface area (Å²) in [5.74, 6) is -2.00. The molecule has 0 fully saturated rings. The summed E-state index contributed by atoms with van der Waals surface area (Å²) in [7, 11) is 0. The maximum atomic E-state index is 12.7. The van der Waals surface area contributed by atoms with Crippen LogP contribution in [0.3, 0.4) is 0 Å². The summed E-state index contributed by atoms with van der Waals surface area (Å²) in [5, 5.41) is 19.8. The van der Waals surface area contributed by atoms with Gasteiger partial charge in [-0.2, -0.15) is 0 Å². The molecule has 0 bridgehead atoms. The Hall–Kier alpha value is -3.21. The number of ketones is 1. The number of aliphatic imine (C=N–C) groups is 1. The average molecular weight is 335 g/mol. The number of aliphatic hydroxyl groups is 1. The van der Waals surface area contributed by atoms with Crippen molar-refractivity contribution in [1.29, 1.82) is 0 Å². The fraction of sp³-hybridized carbons (Fsp3) is 0.150. The van der Waals surface area contributed by atoms with Crippen LogP contribution in [0.25, 0.3) is 5.76 Å². The van der Waals surface area contributed by atoms with Crippen molar-refractivity contribution in [2.45, 2.75) is 19.8 Å². The number of carboxylic acids is 1. The molecule has 2 aromatic carbocycles. The van der Waals surface area contributed by atoms with Crippen molar-refractivity contribution >= 4 is 28.9 Å². The number of Topliss-reactive ketones (excluding diaryl/α,β-unsaturated/α-hetero) is 1. The van der Waals surface area contributed by atoms with Crippen LogP contribution in [0.4, 0.5) is 5.69 Å². The summed E-state index contributed by atoms with van der Waals surface area (Å²) in [4.78, 5) is 28.6. The van der Waals surface area contributed by atoms with Gasteiger partial charge in [0.1, 0.15) is 17.0 Å². The molecule has 1 aliphatic rings. The molecule has 0 saturated carbocycles. The number of carbonyl (C=O) groups is 2. The minimum atomic E-state index is -1.39. The second kappa shape index (κ2) is 6.36. The van der Waals surface area contributed by atoms with Crippen molar-refractivity contribution in [3.8, 4) is 0 Å². The summed E-state index contributed by atoms with van der Waals surface area (Å²) < 4.78 is 0. The van der Waals surface area contributed by atoms with Crippen LogP contribution in [0, 0.1) is 0 Å². The Labute approximate surface area is 145 Å². The fourth-order valence-electron chi connectivity index (χ4n) is 2.75. The van der Waals surface area contributed by atoms with Gasteiger partial charge < -0.3 is 10.2 Å². The Kier molecular flexibility index (Phi) is 4.23. The molecular weight excluding hydrogens is 318 g/mol. The minimum absolute atomic E-state index is 0.207. The maximum absolute atomic E-state index is 12.7.